The lowest BCUT2D eigenvalue weighted by Crippen LogP contribution is -2.12. The van der Waals surface area contributed by atoms with Crippen molar-refractivity contribution in [3.05, 3.63) is 52.8 Å². The molecule has 2 aromatic rings. The maximum Gasteiger partial charge on any atom is 0.259 e. The molecule has 104 valence electrons. The Labute approximate surface area is 119 Å². The molecule has 0 saturated heterocycles. The van der Waals surface area contributed by atoms with E-state index in [4.69, 9.17) is 16.3 Å². The van der Waals surface area contributed by atoms with E-state index >= 15 is 0 Å². The number of halogens is 2. The molecule has 0 spiro atoms. The molecule has 1 amide bonds. The van der Waals surface area contributed by atoms with Crippen LogP contribution >= 0.6 is 11.6 Å². The average Bonchev–Trinajstić information content (AvgIpc) is 2.43. The summed E-state index contributed by atoms with van der Waals surface area (Å²) in [4.78, 5) is 12.0. The number of rotatable bonds is 3. The van der Waals surface area contributed by atoms with Crippen LogP contribution in [0.4, 0.5) is 10.1 Å². The van der Waals surface area contributed by atoms with Gasteiger partial charge in [-0.15, -0.1) is 0 Å². The van der Waals surface area contributed by atoms with E-state index in [1.54, 1.807) is 0 Å². The van der Waals surface area contributed by atoms with Crippen LogP contribution in [-0.2, 0) is 0 Å². The van der Waals surface area contributed by atoms with Gasteiger partial charge in [-0.1, -0.05) is 11.6 Å². The molecule has 0 aromatic heterocycles. The van der Waals surface area contributed by atoms with Crippen LogP contribution in [0.3, 0.4) is 0 Å². The van der Waals surface area contributed by atoms with Crippen LogP contribution in [-0.4, -0.2) is 18.1 Å². The van der Waals surface area contributed by atoms with Crippen LogP contribution in [0, 0.1) is 5.82 Å². The number of hydrogen-bond acceptors (Lipinski definition) is 3. The van der Waals surface area contributed by atoms with E-state index in [0.29, 0.717) is 11.4 Å². The van der Waals surface area contributed by atoms with Gasteiger partial charge in [0.05, 0.1) is 17.7 Å². The molecule has 0 bridgehead atoms. The fourth-order valence-corrected chi connectivity index (χ4v) is 1.78. The van der Waals surface area contributed by atoms with Gasteiger partial charge in [-0.3, -0.25) is 4.79 Å². The van der Waals surface area contributed by atoms with Crippen molar-refractivity contribution in [2.24, 2.45) is 0 Å². The normalized spacial score (nSPS) is 10.2. The second-order valence-electron chi connectivity index (χ2n) is 3.97. The molecular weight excluding hydrogens is 285 g/mol. The molecule has 0 saturated carbocycles. The Morgan fingerprint density at radius 2 is 2.05 bits per heavy atom. The Morgan fingerprint density at radius 1 is 1.30 bits per heavy atom. The summed E-state index contributed by atoms with van der Waals surface area (Å²) in [5.74, 6) is -0.875. The van der Waals surface area contributed by atoms with Crippen molar-refractivity contribution >= 4 is 23.2 Å². The van der Waals surface area contributed by atoms with Crippen molar-refractivity contribution in [2.75, 3.05) is 12.4 Å². The number of aromatic hydroxyl groups is 1. The Kier molecular flexibility index (Phi) is 4.10. The minimum absolute atomic E-state index is 0.0461. The quantitative estimate of drug-likeness (QED) is 0.912. The van der Waals surface area contributed by atoms with Crippen LogP contribution < -0.4 is 10.1 Å². The molecule has 2 N–H and O–H groups in total. The van der Waals surface area contributed by atoms with E-state index in [-0.39, 0.29) is 16.3 Å². The minimum Gasteiger partial charge on any atom is -0.507 e. The summed E-state index contributed by atoms with van der Waals surface area (Å²) in [5.41, 5.74) is 0.369. The van der Waals surface area contributed by atoms with Gasteiger partial charge >= 0.3 is 0 Å². The van der Waals surface area contributed by atoms with Gasteiger partial charge < -0.3 is 15.2 Å². The number of amides is 1. The number of carbonyl (C=O) groups is 1. The highest BCUT2D eigenvalue weighted by Crippen LogP contribution is 2.25. The molecule has 2 aromatic carbocycles. The van der Waals surface area contributed by atoms with Gasteiger partial charge in [-0.05, 0) is 36.4 Å². The third-order valence-corrected chi connectivity index (χ3v) is 2.92. The lowest BCUT2D eigenvalue weighted by Gasteiger charge is -2.09. The standard InChI is InChI=1S/C14H11ClFNO3/c1-20-9-3-5-13(18)10(7-9)14(19)17-8-2-4-12(16)11(15)6-8/h2-7,18H,1H3,(H,17,19). The number of anilines is 1. The largest absolute Gasteiger partial charge is 0.507 e. The smallest absolute Gasteiger partial charge is 0.259 e. The highest BCUT2D eigenvalue weighted by molar-refractivity contribution is 6.31. The summed E-state index contributed by atoms with van der Waals surface area (Å²) in [6, 6.07) is 8.08. The summed E-state index contributed by atoms with van der Waals surface area (Å²) < 4.78 is 18.0. The second kappa shape index (κ2) is 5.79. The molecule has 6 heteroatoms. The van der Waals surface area contributed by atoms with Gasteiger partial charge in [0.2, 0.25) is 0 Å². The van der Waals surface area contributed by atoms with Crippen molar-refractivity contribution in [3.63, 3.8) is 0 Å². The summed E-state index contributed by atoms with van der Waals surface area (Å²) in [5, 5.41) is 12.1. The Morgan fingerprint density at radius 3 is 2.70 bits per heavy atom. The number of phenolic OH excluding ortho intramolecular Hbond substituents is 1. The van der Waals surface area contributed by atoms with Crippen LogP contribution in [0.15, 0.2) is 36.4 Å². The van der Waals surface area contributed by atoms with Crippen molar-refractivity contribution < 1.29 is 19.0 Å². The first-order valence-electron chi connectivity index (χ1n) is 5.64. The first-order chi connectivity index (χ1) is 9.51. The Bertz CT molecular complexity index is 661. The molecule has 4 nitrogen and oxygen atoms in total. The molecule has 0 unspecified atom stereocenters. The zero-order chi connectivity index (χ0) is 14.7. The molecule has 0 heterocycles. The SMILES string of the molecule is COc1ccc(O)c(C(=O)Nc2ccc(F)c(Cl)c2)c1. The lowest BCUT2D eigenvalue weighted by molar-refractivity contribution is 0.102. The second-order valence-corrected chi connectivity index (χ2v) is 4.37. The average molecular weight is 296 g/mol. The predicted molar refractivity (Wildman–Crippen MR) is 74.0 cm³/mol. The van der Waals surface area contributed by atoms with Crippen LogP contribution in [0.5, 0.6) is 11.5 Å². The molecule has 0 aliphatic carbocycles. The van der Waals surface area contributed by atoms with Gasteiger partial charge in [0.1, 0.15) is 17.3 Å². The molecule has 2 rings (SSSR count). The van der Waals surface area contributed by atoms with Crippen LogP contribution in [0.2, 0.25) is 5.02 Å². The third kappa shape index (κ3) is 3.00. The van der Waals surface area contributed by atoms with E-state index < -0.39 is 11.7 Å². The topological polar surface area (TPSA) is 58.6 Å². The van der Waals surface area contributed by atoms with Gasteiger partial charge in [0.15, 0.2) is 0 Å². The lowest BCUT2D eigenvalue weighted by atomic mass is 10.1. The zero-order valence-electron chi connectivity index (χ0n) is 10.5. The van der Waals surface area contributed by atoms with Crippen LogP contribution in [0.1, 0.15) is 10.4 Å². The molecular formula is C14H11ClFNO3. The number of phenols is 1. The molecule has 0 atom stereocenters. The van der Waals surface area contributed by atoms with E-state index in [9.17, 15) is 14.3 Å². The molecule has 0 radical (unpaired) electrons. The highest BCUT2D eigenvalue weighted by atomic mass is 35.5. The first-order valence-corrected chi connectivity index (χ1v) is 6.02. The van der Waals surface area contributed by atoms with E-state index in [1.807, 2.05) is 0 Å². The van der Waals surface area contributed by atoms with Crippen molar-refractivity contribution in [1.29, 1.82) is 0 Å². The predicted octanol–water partition coefficient (Wildman–Crippen LogP) is 3.45. The highest BCUT2D eigenvalue weighted by Gasteiger charge is 2.13. The number of nitrogens with one attached hydrogen (secondary N) is 1. The monoisotopic (exact) mass is 295 g/mol. The first kappa shape index (κ1) is 14.1. The van der Waals surface area contributed by atoms with E-state index in [0.717, 1.165) is 6.07 Å². The zero-order valence-corrected chi connectivity index (χ0v) is 11.2. The van der Waals surface area contributed by atoms with Gasteiger partial charge in [0.25, 0.3) is 5.91 Å². The molecule has 0 aliphatic heterocycles. The molecule has 0 aliphatic rings. The number of ether oxygens (including phenoxy) is 1. The fraction of sp³-hybridized carbons (Fsp3) is 0.0714. The van der Waals surface area contributed by atoms with Crippen molar-refractivity contribution in [3.8, 4) is 11.5 Å². The molecule has 0 fully saturated rings. The minimum atomic E-state index is -0.575. The maximum absolute atomic E-state index is 13.0. The summed E-state index contributed by atoms with van der Waals surface area (Å²) in [6.07, 6.45) is 0. The fourth-order valence-electron chi connectivity index (χ4n) is 1.60. The number of hydrogen-bond donors (Lipinski definition) is 2. The summed E-state index contributed by atoms with van der Waals surface area (Å²) >= 11 is 5.63. The number of carbonyl (C=O) groups excluding carboxylic acids is 1. The Balaban J connectivity index is 2.25. The molecule has 20 heavy (non-hydrogen) atoms. The maximum atomic E-state index is 13.0. The number of benzene rings is 2. The van der Waals surface area contributed by atoms with Crippen molar-refractivity contribution in [1.82, 2.24) is 0 Å². The number of methoxy groups -OCH3 is 1. The van der Waals surface area contributed by atoms with Crippen molar-refractivity contribution in [2.45, 2.75) is 0 Å². The van der Waals surface area contributed by atoms with E-state index in [1.165, 1.54) is 37.4 Å². The van der Waals surface area contributed by atoms with Crippen LogP contribution in [0.25, 0.3) is 0 Å². The summed E-state index contributed by atoms with van der Waals surface area (Å²) in [7, 11) is 1.45. The third-order valence-electron chi connectivity index (χ3n) is 2.63. The van der Waals surface area contributed by atoms with E-state index in [2.05, 4.69) is 5.32 Å². The Hall–Kier alpha value is -2.27. The van der Waals surface area contributed by atoms with Gasteiger partial charge in [-0.25, -0.2) is 4.39 Å². The van der Waals surface area contributed by atoms with Gasteiger partial charge in [0, 0.05) is 5.69 Å². The summed E-state index contributed by atoms with van der Waals surface area (Å²) in [6.45, 7) is 0. The van der Waals surface area contributed by atoms with Gasteiger partial charge in [-0.2, -0.15) is 0 Å².